The van der Waals surface area contributed by atoms with Gasteiger partial charge in [-0.05, 0) is 49.7 Å². The summed E-state index contributed by atoms with van der Waals surface area (Å²) < 4.78 is 2.09. The normalized spacial score (nSPS) is 14.1. The van der Waals surface area contributed by atoms with E-state index in [4.69, 9.17) is 16.6 Å². The number of carbonyl (C=O) groups excluding carboxylic acids is 2. The Labute approximate surface area is 207 Å². The molecule has 4 aromatic rings. The molecule has 0 N–H and O–H groups in total. The monoisotopic (exact) mass is 492 g/mol. The average Bonchev–Trinajstić information content (AvgIpc) is 3.44. The minimum atomic E-state index is 0.0711. The van der Waals surface area contributed by atoms with Crippen LogP contribution in [0.1, 0.15) is 29.4 Å². The number of piperazine rings is 1. The SMILES string of the molecule is CC(=O)c1ccc(N2CCN(C(=O)CCc3csc4nc(-c5ccc(Cl)cc5)cn34)CC2)cc1. The molecule has 2 aromatic heterocycles. The number of fused-ring (bicyclic) bond motifs is 1. The predicted molar refractivity (Wildman–Crippen MR) is 137 cm³/mol. The zero-order chi connectivity index (χ0) is 23.7. The molecule has 0 radical (unpaired) electrons. The number of benzene rings is 2. The van der Waals surface area contributed by atoms with Crippen molar-refractivity contribution in [2.45, 2.75) is 19.8 Å². The van der Waals surface area contributed by atoms with Crippen LogP contribution in [-0.2, 0) is 11.2 Å². The number of carbonyl (C=O) groups is 2. The lowest BCUT2D eigenvalue weighted by atomic mass is 10.1. The molecule has 8 heteroatoms. The van der Waals surface area contributed by atoms with Crippen LogP contribution in [0.5, 0.6) is 0 Å². The molecule has 0 bridgehead atoms. The van der Waals surface area contributed by atoms with Gasteiger partial charge in [-0.2, -0.15) is 0 Å². The maximum atomic E-state index is 12.9. The third-order valence-corrected chi connectivity index (χ3v) is 7.43. The van der Waals surface area contributed by atoms with Gasteiger partial charge in [0.25, 0.3) is 0 Å². The lowest BCUT2D eigenvalue weighted by Gasteiger charge is -2.36. The van der Waals surface area contributed by atoms with E-state index in [1.807, 2.05) is 59.6 Å². The second-order valence-electron chi connectivity index (χ2n) is 8.48. The molecular formula is C26H25ClN4O2S. The van der Waals surface area contributed by atoms with Gasteiger partial charge in [-0.15, -0.1) is 11.3 Å². The van der Waals surface area contributed by atoms with Crippen molar-refractivity contribution in [3.05, 3.63) is 76.4 Å². The smallest absolute Gasteiger partial charge is 0.223 e. The Morgan fingerprint density at radius 3 is 2.38 bits per heavy atom. The van der Waals surface area contributed by atoms with Crippen LogP contribution < -0.4 is 4.90 Å². The van der Waals surface area contributed by atoms with Crippen LogP contribution in [-0.4, -0.2) is 52.2 Å². The summed E-state index contributed by atoms with van der Waals surface area (Å²) in [6.07, 6.45) is 3.20. The first-order valence-corrected chi connectivity index (χ1v) is 12.6. The molecule has 0 saturated carbocycles. The molecule has 1 fully saturated rings. The molecule has 5 rings (SSSR count). The van der Waals surface area contributed by atoms with Crippen LogP contribution in [0.3, 0.4) is 0 Å². The fraction of sp³-hybridized carbons (Fsp3) is 0.269. The van der Waals surface area contributed by atoms with E-state index in [1.54, 1.807) is 18.3 Å². The highest BCUT2D eigenvalue weighted by Gasteiger charge is 2.22. The van der Waals surface area contributed by atoms with Crippen molar-refractivity contribution in [1.82, 2.24) is 14.3 Å². The Hall–Kier alpha value is -3.16. The van der Waals surface area contributed by atoms with Gasteiger partial charge < -0.3 is 9.80 Å². The van der Waals surface area contributed by atoms with Crippen LogP contribution in [0.15, 0.2) is 60.1 Å². The lowest BCUT2D eigenvalue weighted by Crippen LogP contribution is -2.48. The number of hydrogen-bond acceptors (Lipinski definition) is 5. The van der Waals surface area contributed by atoms with Gasteiger partial charge in [0.2, 0.25) is 5.91 Å². The van der Waals surface area contributed by atoms with Gasteiger partial charge in [-0.3, -0.25) is 14.0 Å². The number of nitrogens with zero attached hydrogens (tertiary/aromatic N) is 4. The molecule has 0 spiro atoms. The van der Waals surface area contributed by atoms with E-state index < -0.39 is 0 Å². The number of halogens is 1. The zero-order valence-electron chi connectivity index (χ0n) is 18.9. The maximum absolute atomic E-state index is 12.9. The van der Waals surface area contributed by atoms with E-state index in [1.165, 1.54) is 0 Å². The van der Waals surface area contributed by atoms with E-state index in [2.05, 4.69) is 14.7 Å². The Morgan fingerprint density at radius 2 is 1.71 bits per heavy atom. The van der Waals surface area contributed by atoms with Crippen LogP contribution in [0.25, 0.3) is 16.2 Å². The Balaban J connectivity index is 1.17. The third-order valence-electron chi connectivity index (χ3n) is 6.29. The molecular weight excluding hydrogens is 468 g/mol. The minimum Gasteiger partial charge on any atom is -0.368 e. The summed E-state index contributed by atoms with van der Waals surface area (Å²) in [5.41, 5.74) is 4.84. The summed E-state index contributed by atoms with van der Waals surface area (Å²) in [6.45, 7) is 4.57. The highest BCUT2D eigenvalue weighted by atomic mass is 35.5. The maximum Gasteiger partial charge on any atom is 0.223 e. The predicted octanol–water partition coefficient (Wildman–Crippen LogP) is 5.20. The van der Waals surface area contributed by atoms with Crippen molar-refractivity contribution >= 4 is 45.3 Å². The van der Waals surface area contributed by atoms with Crippen molar-refractivity contribution in [2.24, 2.45) is 0 Å². The van der Waals surface area contributed by atoms with Gasteiger partial charge in [-0.25, -0.2) is 4.98 Å². The van der Waals surface area contributed by atoms with Crippen molar-refractivity contribution in [3.8, 4) is 11.3 Å². The number of Topliss-reactive ketones (excluding diaryl/α,β-unsaturated/α-hetero) is 1. The second-order valence-corrected chi connectivity index (χ2v) is 9.76. The van der Waals surface area contributed by atoms with E-state index in [0.29, 0.717) is 31.0 Å². The number of amides is 1. The average molecular weight is 493 g/mol. The molecule has 34 heavy (non-hydrogen) atoms. The first kappa shape index (κ1) is 22.6. The summed E-state index contributed by atoms with van der Waals surface area (Å²) >= 11 is 7.59. The van der Waals surface area contributed by atoms with Crippen LogP contribution in [0, 0.1) is 0 Å². The summed E-state index contributed by atoms with van der Waals surface area (Å²) in [5, 5.41) is 2.79. The number of ketones is 1. The zero-order valence-corrected chi connectivity index (χ0v) is 20.5. The van der Waals surface area contributed by atoms with E-state index in [9.17, 15) is 9.59 Å². The van der Waals surface area contributed by atoms with Gasteiger partial charge in [0.05, 0.1) is 5.69 Å². The first-order chi connectivity index (χ1) is 16.5. The first-order valence-electron chi connectivity index (χ1n) is 11.3. The quantitative estimate of drug-likeness (QED) is 0.347. The fourth-order valence-electron chi connectivity index (χ4n) is 4.28. The fourth-order valence-corrected chi connectivity index (χ4v) is 5.32. The summed E-state index contributed by atoms with van der Waals surface area (Å²) in [4.78, 5) is 34.2. The molecule has 1 amide bonds. The minimum absolute atomic E-state index is 0.0711. The van der Waals surface area contributed by atoms with Crippen molar-refractivity contribution in [3.63, 3.8) is 0 Å². The van der Waals surface area contributed by atoms with Crippen molar-refractivity contribution < 1.29 is 9.59 Å². The Bertz CT molecular complexity index is 1320. The second kappa shape index (κ2) is 9.60. The van der Waals surface area contributed by atoms with Crippen LogP contribution in [0.4, 0.5) is 5.69 Å². The molecule has 6 nitrogen and oxygen atoms in total. The van der Waals surface area contributed by atoms with Gasteiger partial charge in [0, 0.05) is 71.7 Å². The number of imidazole rings is 1. The van der Waals surface area contributed by atoms with Crippen LogP contribution >= 0.6 is 22.9 Å². The topological polar surface area (TPSA) is 57.9 Å². The van der Waals surface area contributed by atoms with E-state index in [0.717, 1.165) is 46.3 Å². The Kier molecular flexibility index (Phi) is 6.39. The van der Waals surface area contributed by atoms with Gasteiger partial charge >= 0.3 is 0 Å². The summed E-state index contributed by atoms with van der Waals surface area (Å²) in [7, 11) is 0. The standard InChI is InChI=1S/C26H25ClN4O2S/c1-18(32)19-4-8-22(9-5-19)29-12-14-30(15-13-29)25(33)11-10-23-17-34-26-28-24(16-31(23)26)20-2-6-21(27)7-3-20/h2-9,16-17H,10-15H2,1H3. The number of thiazole rings is 1. The van der Waals surface area contributed by atoms with Crippen molar-refractivity contribution in [2.75, 3.05) is 31.1 Å². The molecule has 3 heterocycles. The Morgan fingerprint density at radius 1 is 1.00 bits per heavy atom. The highest BCUT2D eigenvalue weighted by molar-refractivity contribution is 7.15. The molecule has 0 aliphatic carbocycles. The number of rotatable bonds is 6. The molecule has 1 aliphatic heterocycles. The molecule has 2 aromatic carbocycles. The van der Waals surface area contributed by atoms with Gasteiger partial charge in [0.1, 0.15) is 0 Å². The van der Waals surface area contributed by atoms with Crippen molar-refractivity contribution in [1.29, 1.82) is 0 Å². The number of hydrogen-bond donors (Lipinski definition) is 0. The lowest BCUT2D eigenvalue weighted by molar-refractivity contribution is -0.131. The van der Waals surface area contributed by atoms with Gasteiger partial charge in [-0.1, -0.05) is 23.7 Å². The van der Waals surface area contributed by atoms with Gasteiger partial charge in [0.15, 0.2) is 10.7 Å². The molecule has 1 saturated heterocycles. The third kappa shape index (κ3) is 4.72. The summed E-state index contributed by atoms with van der Waals surface area (Å²) in [6, 6.07) is 15.4. The van der Waals surface area contributed by atoms with E-state index in [-0.39, 0.29) is 11.7 Å². The summed E-state index contributed by atoms with van der Waals surface area (Å²) in [5.74, 6) is 0.255. The number of aromatic nitrogens is 2. The van der Waals surface area contributed by atoms with E-state index >= 15 is 0 Å². The van der Waals surface area contributed by atoms with Crippen LogP contribution in [0.2, 0.25) is 5.02 Å². The number of aryl methyl sites for hydroxylation is 1. The molecule has 174 valence electrons. The number of anilines is 1. The molecule has 1 aliphatic rings. The molecule has 0 unspecified atom stereocenters. The molecule has 0 atom stereocenters. The largest absolute Gasteiger partial charge is 0.368 e. The highest BCUT2D eigenvalue weighted by Crippen LogP contribution is 2.26.